The number of halogens is 3. The summed E-state index contributed by atoms with van der Waals surface area (Å²) in [5.41, 5.74) is 0. The Balaban J connectivity index is 1.89. The summed E-state index contributed by atoms with van der Waals surface area (Å²) in [5.74, 6) is 0.743. The largest absolute Gasteiger partial charge is 0.436 e. The molecule has 0 N–H and O–H groups in total. The summed E-state index contributed by atoms with van der Waals surface area (Å²) in [4.78, 5) is 8.37. The Morgan fingerprint density at radius 1 is 1.16 bits per heavy atom. The van der Waals surface area contributed by atoms with E-state index < -0.39 is 5.82 Å². The number of rotatable bonds is 3. The fraction of sp³-hybridized carbons (Fsp3) is 0.231. The Hall–Kier alpha value is -1.39. The highest BCUT2D eigenvalue weighted by Crippen LogP contribution is 2.39. The van der Waals surface area contributed by atoms with Gasteiger partial charge in [0.15, 0.2) is 11.6 Å². The van der Waals surface area contributed by atoms with Crippen LogP contribution < -0.4 is 4.74 Å². The van der Waals surface area contributed by atoms with Crippen molar-refractivity contribution in [2.75, 3.05) is 0 Å². The summed E-state index contributed by atoms with van der Waals surface area (Å²) < 4.78 is 19.0. The molecule has 98 valence electrons. The van der Waals surface area contributed by atoms with Crippen LogP contribution in [0.25, 0.3) is 0 Å². The van der Waals surface area contributed by atoms with E-state index in [1.165, 1.54) is 18.2 Å². The van der Waals surface area contributed by atoms with Crippen molar-refractivity contribution in [3.8, 4) is 11.6 Å². The van der Waals surface area contributed by atoms with E-state index in [4.69, 9.17) is 27.9 Å². The second-order valence-electron chi connectivity index (χ2n) is 4.34. The highest BCUT2D eigenvalue weighted by Gasteiger charge is 2.27. The van der Waals surface area contributed by atoms with E-state index in [0.29, 0.717) is 21.9 Å². The standard InChI is InChI=1S/C13H9Cl2FN2O/c14-8-3-4-10(9(16)5-8)19-12-6-11(15)17-13(18-12)7-1-2-7/h3-7H,1-2H2. The van der Waals surface area contributed by atoms with E-state index >= 15 is 0 Å². The van der Waals surface area contributed by atoms with Crippen molar-refractivity contribution >= 4 is 23.2 Å². The first-order valence-corrected chi connectivity index (χ1v) is 6.55. The average molecular weight is 299 g/mol. The van der Waals surface area contributed by atoms with E-state index in [-0.39, 0.29) is 11.6 Å². The van der Waals surface area contributed by atoms with Crippen LogP contribution in [0.5, 0.6) is 11.6 Å². The zero-order valence-corrected chi connectivity index (χ0v) is 11.2. The quantitative estimate of drug-likeness (QED) is 0.777. The number of hydrogen-bond acceptors (Lipinski definition) is 3. The van der Waals surface area contributed by atoms with Crippen LogP contribution in [0.2, 0.25) is 10.2 Å². The third kappa shape index (κ3) is 2.96. The molecule has 0 atom stereocenters. The van der Waals surface area contributed by atoms with Crippen molar-refractivity contribution in [3.05, 3.63) is 46.1 Å². The molecule has 0 amide bonds. The summed E-state index contributed by atoms with van der Waals surface area (Å²) in [6, 6.07) is 5.64. The SMILES string of the molecule is Fc1cc(Cl)ccc1Oc1cc(Cl)nc(C2CC2)n1. The van der Waals surface area contributed by atoms with Gasteiger partial charge in [-0.25, -0.2) is 9.37 Å². The van der Waals surface area contributed by atoms with E-state index in [1.807, 2.05) is 0 Å². The maximum Gasteiger partial charge on any atom is 0.224 e. The molecule has 0 unspecified atom stereocenters. The summed E-state index contributed by atoms with van der Waals surface area (Å²) in [6.45, 7) is 0. The van der Waals surface area contributed by atoms with E-state index in [1.54, 1.807) is 6.07 Å². The van der Waals surface area contributed by atoms with Crippen LogP contribution in [-0.4, -0.2) is 9.97 Å². The number of hydrogen-bond donors (Lipinski definition) is 0. The first kappa shape index (κ1) is 12.6. The van der Waals surface area contributed by atoms with Gasteiger partial charge in [-0.2, -0.15) is 4.98 Å². The molecule has 0 aliphatic heterocycles. The lowest BCUT2D eigenvalue weighted by Gasteiger charge is -2.07. The minimum absolute atomic E-state index is 0.0564. The van der Waals surface area contributed by atoms with Gasteiger partial charge in [0, 0.05) is 17.0 Å². The van der Waals surface area contributed by atoms with Crippen molar-refractivity contribution in [2.45, 2.75) is 18.8 Å². The Labute approximate surface area is 119 Å². The molecule has 0 saturated heterocycles. The molecular formula is C13H9Cl2FN2O. The maximum absolute atomic E-state index is 13.6. The Bertz CT molecular complexity index is 632. The third-order valence-corrected chi connectivity index (χ3v) is 3.17. The molecule has 0 radical (unpaired) electrons. The third-order valence-electron chi connectivity index (χ3n) is 2.74. The van der Waals surface area contributed by atoms with Crippen LogP contribution in [0.4, 0.5) is 4.39 Å². The summed E-state index contributed by atoms with van der Waals surface area (Å²) in [7, 11) is 0. The molecule has 19 heavy (non-hydrogen) atoms. The van der Waals surface area contributed by atoms with Crippen LogP contribution in [0.15, 0.2) is 24.3 Å². The van der Waals surface area contributed by atoms with Gasteiger partial charge in [0.1, 0.15) is 11.0 Å². The van der Waals surface area contributed by atoms with E-state index in [0.717, 1.165) is 12.8 Å². The number of benzene rings is 1. The fourth-order valence-corrected chi connectivity index (χ4v) is 2.00. The zero-order valence-electron chi connectivity index (χ0n) is 9.74. The van der Waals surface area contributed by atoms with E-state index in [2.05, 4.69) is 9.97 Å². The average Bonchev–Trinajstić information content (AvgIpc) is 3.16. The molecule has 3 rings (SSSR count). The number of nitrogens with zero attached hydrogens (tertiary/aromatic N) is 2. The second-order valence-corrected chi connectivity index (χ2v) is 5.16. The first-order chi connectivity index (χ1) is 9.11. The Kier molecular flexibility index (Phi) is 3.29. The van der Waals surface area contributed by atoms with Crippen LogP contribution in [0.1, 0.15) is 24.6 Å². The van der Waals surface area contributed by atoms with Crippen molar-refractivity contribution in [1.29, 1.82) is 0 Å². The van der Waals surface area contributed by atoms with Gasteiger partial charge in [-0.1, -0.05) is 23.2 Å². The number of ether oxygens (including phenoxy) is 1. The fourth-order valence-electron chi connectivity index (χ4n) is 1.66. The lowest BCUT2D eigenvalue weighted by Crippen LogP contribution is -1.97. The molecule has 3 nitrogen and oxygen atoms in total. The summed E-state index contributed by atoms with van der Waals surface area (Å²) in [6.07, 6.45) is 2.10. The van der Waals surface area contributed by atoms with Gasteiger partial charge in [-0.15, -0.1) is 0 Å². The Morgan fingerprint density at radius 3 is 2.63 bits per heavy atom. The molecule has 1 aliphatic carbocycles. The van der Waals surface area contributed by atoms with Gasteiger partial charge in [-0.05, 0) is 31.0 Å². The van der Waals surface area contributed by atoms with E-state index in [9.17, 15) is 4.39 Å². The van der Waals surface area contributed by atoms with Crippen molar-refractivity contribution in [3.63, 3.8) is 0 Å². The lowest BCUT2D eigenvalue weighted by molar-refractivity contribution is 0.424. The molecular weight excluding hydrogens is 290 g/mol. The molecule has 1 heterocycles. The van der Waals surface area contributed by atoms with Gasteiger partial charge >= 0.3 is 0 Å². The molecule has 0 bridgehead atoms. The lowest BCUT2D eigenvalue weighted by atomic mass is 10.3. The second kappa shape index (κ2) is 4.94. The smallest absolute Gasteiger partial charge is 0.224 e. The normalized spacial score (nSPS) is 14.5. The zero-order chi connectivity index (χ0) is 13.4. The monoisotopic (exact) mass is 298 g/mol. The highest BCUT2D eigenvalue weighted by atomic mass is 35.5. The van der Waals surface area contributed by atoms with Crippen molar-refractivity contribution in [2.24, 2.45) is 0 Å². The first-order valence-electron chi connectivity index (χ1n) is 5.79. The molecule has 1 aliphatic rings. The van der Waals surface area contributed by atoms with Crippen LogP contribution >= 0.6 is 23.2 Å². The summed E-state index contributed by atoms with van der Waals surface area (Å²) in [5, 5.41) is 0.602. The minimum Gasteiger partial charge on any atom is -0.436 e. The van der Waals surface area contributed by atoms with Gasteiger partial charge in [-0.3, -0.25) is 0 Å². The number of aromatic nitrogens is 2. The van der Waals surface area contributed by atoms with Crippen LogP contribution in [-0.2, 0) is 0 Å². The molecule has 1 saturated carbocycles. The van der Waals surface area contributed by atoms with Crippen molar-refractivity contribution in [1.82, 2.24) is 9.97 Å². The maximum atomic E-state index is 13.6. The van der Waals surface area contributed by atoms with Crippen LogP contribution in [0.3, 0.4) is 0 Å². The predicted octanol–water partition coefficient (Wildman–Crippen LogP) is 4.59. The van der Waals surface area contributed by atoms with Gasteiger partial charge < -0.3 is 4.74 Å². The summed E-state index contributed by atoms with van der Waals surface area (Å²) >= 11 is 11.6. The Morgan fingerprint density at radius 2 is 1.95 bits per heavy atom. The highest BCUT2D eigenvalue weighted by molar-refractivity contribution is 6.30. The molecule has 0 spiro atoms. The molecule has 1 fully saturated rings. The van der Waals surface area contributed by atoms with Gasteiger partial charge in [0.2, 0.25) is 5.88 Å². The van der Waals surface area contributed by atoms with Gasteiger partial charge in [0.05, 0.1) is 0 Å². The molecule has 1 aromatic carbocycles. The predicted molar refractivity (Wildman–Crippen MR) is 70.5 cm³/mol. The molecule has 1 aromatic heterocycles. The molecule has 6 heteroatoms. The van der Waals surface area contributed by atoms with Crippen molar-refractivity contribution < 1.29 is 9.13 Å². The minimum atomic E-state index is -0.546. The van der Waals surface area contributed by atoms with Gasteiger partial charge in [0.25, 0.3) is 0 Å². The molecule has 2 aromatic rings. The topological polar surface area (TPSA) is 35.0 Å². The van der Waals surface area contributed by atoms with Crippen LogP contribution in [0, 0.1) is 5.82 Å².